The predicted octanol–water partition coefficient (Wildman–Crippen LogP) is 4.85. The van der Waals surface area contributed by atoms with Gasteiger partial charge < -0.3 is 5.32 Å². The highest BCUT2D eigenvalue weighted by molar-refractivity contribution is 4.87. The lowest BCUT2D eigenvalue weighted by molar-refractivity contribution is 0.725. The van der Waals surface area contributed by atoms with Gasteiger partial charge >= 0.3 is 0 Å². The van der Waals surface area contributed by atoms with E-state index >= 15 is 0 Å². The van der Waals surface area contributed by atoms with E-state index in [1.54, 1.807) is 0 Å². The number of rotatable bonds is 12. The Morgan fingerprint density at radius 2 is 1.12 bits per heavy atom. The number of hydrogen-bond donors (Lipinski definition) is 1. The van der Waals surface area contributed by atoms with Crippen LogP contribution < -0.4 is 5.32 Å². The summed E-state index contributed by atoms with van der Waals surface area (Å²) in [6, 6.07) is 0. The highest BCUT2D eigenvalue weighted by Crippen LogP contribution is 1.99. The molecule has 1 N–H and O–H groups in total. The van der Waals surface area contributed by atoms with Crippen molar-refractivity contribution in [3.63, 3.8) is 0 Å². The van der Waals surface area contributed by atoms with E-state index in [1.165, 1.54) is 51.4 Å². The van der Waals surface area contributed by atoms with Crippen LogP contribution in [0.3, 0.4) is 0 Å². The van der Waals surface area contributed by atoms with E-state index in [2.05, 4.69) is 43.5 Å². The second-order valence-corrected chi connectivity index (χ2v) is 4.59. The zero-order valence-electron chi connectivity index (χ0n) is 11.9. The number of allylic oxidation sites excluding steroid dienone is 2. The molecule has 0 amide bonds. The third-order valence-corrected chi connectivity index (χ3v) is 2.81. The van der Waals surface area contributed by atoms with Gasteiger partial charge in [0.1, 0.15) is 0 Å². The molecule has 0 aliphatic carbocycles. The summed E-state index contributed by atoms with van der Waals surface area (Å²) in [6.07, 6.45) is 19.6. The molecule has 100 valence electrons. The van der Waals surface area contributed by atoms with Gasteiger partial charge in [-0.2, -0.15) is 0 Å². The first-order valence-electron chi connectivity index (χ1n) is 7.42. The third kappa shape index (κ3) is 15.4. The Bertz CT molecular complexity index is 162. The summed E-state index contributed by atoms with van der Waals surface area (Å²) >= 11 is 0. The van der Waals surface area contributed by atoms with Crippen molar-refractivity contribution >= 4 is 0 Å². The molecule has 0 aromatic heterocycles. The van der Waals surface area contributed by atoms with Crippen LogP contribution in [0, 0.1) is 0 Å². The molecule has 0 saturated carbocycles. The van der Waals surface area contributed by atoms with Crippen LogP contribution >= 0.6 is 0 Å². The molecule has 0 fully saturated rings. The van der Waals surface area contributed by atoms with Gasteiger partial charge in [-0.3, -0.25) is 0 Å². The number of hydrogen-bond acceptors (Lipinski definition) is 1. The van der Waals surface area contributed by atoms with Crippen LogP contribution in [0.25, 0.3) is 0 Å². The molecule has 0 aliphatic heterocycles. The molecule has 0 aromatic rings. The molecule has 0 aliphatic rings. The normalized spacial score (nSPS) is 11.9. The zero-order chi connectivity index (χ0) is 12.6. The van der Waals surface area contributed by atoms with Gasteiger partial charge in [0.15, 0.2) is 0 Å². The van der Waals surface area contributed by atoms with Gasteiger partial charge in [0.2, 0.25) is 0 Å². The summed E-state index contributed by atoms with van der Waals surface area (Å²) in [6.45, 7) is 6.51. The third-order valence-electron chi connectivity index (χ3n) is 2.81. The van der Waals surface area contributed by atoms with Crippen molar-refractivity contribution in [1.29, 1.82) is 0 Å². The van der Waals surface area contributed by atoms with Crippen molar-refractivity contribution in [2.24, 2.45) is 0 Å². The smallest absolute Gasteiger partial charge is 0.0137 e. The lowest BCUT2D eigenvalue weighted by Gasteiger charge is -1.96. The van der Waals surface area contributed by atoms with Crippen molar-refractivity contribution in [3.8, 4) is 0 Å². The van der Waals surface area contributed by atoms with Crippen LogP contribution in [0.5, 0.6) is 0 Å². The van der Waals surface area contributed by atoms with E-state index in [0.29, 0.717) is 0 Å². The van der Waals surface area contributed by atoms with E-state index in [9.17, 15) is 0 Å². The van der Waals surface area contributed by atoms with Crippen molar-refractivity contribution in [1.82, 2.24) is 5.32 Å². The molecule has 0 bridgehead atoms. The minimum absolute atomic E-state index is 1.01. The lowest BCUT2D eigenvalue weighted by atomic mass is 10.2. The molecular weight excluding hydrogens is 206 g/mol. The molecule has 17 heavy (non-hydrogen) atoms. The maximum atomic E-state index is 3.39. The minimum atomic E-state index is 1.01. The Kier molecular flexibility index (Phi) is 14.9. The van der Waals surface area contributed by atoms with Crippen LogP contribution in [0.2, 0.25) is 0 Å². The first-order chi connectivity index (χ1) is 8.41. The molecule has 0 radical (unpaired) electrons. The van der Waals surface area contributed by atoms with Gasteiger partial charge in [-0.15, -0.1) is 0 Å². The molecule has 1 nitrogen and oxygen atoms in total. The average Bonchev–Trinajstić information content (AvgIpc) is 2.35. The Hall–Kier alpha value is -0.560. The standard InChI is InChI=1S/C16H31N/c1-3-5-7-9-11-13-15-17-16-14-12-10-8-6-4-2/h11-14,17H,3-10,15-16H2,1-2H3/b13-11+,14-12+. The van der Waals surface area contributed by atoms with Gasteiger partial charge in [0.05, 0.1) is 0 Å². The second-order valence-electron chi connectivity index (χ2n) is 4.59. The minimum Gasteiger partial charge on any atom is -0.310 e. The summed E-state index contributed by atoms with van der Waals surface area (Å²) in [5.41, 5.74) is 0. The molecule has 0 saturated heterocycles. The van der Waals surface area contributed by atoms with E-state index < -0.39 is 0 Å². The molecule has 0 spiro atoms. The molecule has 0 rings (SSSR count). The largest absolute Gasteiger partial charge is 0.310 e. The predicted molar refractivity (Wildman–Crippen MR) is 79.4 cm³/mol. The van der Waals surface area contributed by atoms with Crippen LogP contribution in [-0.2, 0) is 0 Å². The fourth-order valence-corrected chi connectivity index (χ4v) is 1.68. The zero-order valence-corrected chi connectivity index (χ0v) is 11.9. The lowest BCUT2D eigenvalue weighted by Crippen LogP contribution is -2.12. The summed E-state index contributed by atoms with van der Waals surface area (Å²) in [7, 11) is 0. The molecule has 0 unspecified atom stereocenters. The SMILES string of the molecule is CCCCC/C=C/CNC/C=C/CCCCC. The topological polar surface area (TPSA) is 12.0 Å². The van der Waals surface area contributed by atoms with Crippen LogP contribution in [0.1, 0.15) is 65.2 Å². The Morgan fingerprint density at radius 1 is 0.647 bits per heavy atom. The van der Waals surface area contributed by atoms with Crippen molar-refractivity contribution in [2.75, 3.05) is 13.1 Å². The maximum absolute atomic E-state index is 3.39. The highest BCUT2D eigenvalue weighted by Gasteiger charge is 1.83. The van der Waals surface area contributed by atoms with E-state index in [-0.39, 0.29) is 0 Å². The van der Waals surface area contributed by atoms with E-state index in [4.69, 9.17) is 0 Å². The van der Waals surface area contributed by atoms with Crippen LogP contribution in [0.15, 0.2) is 24.3 Å². The van der Waals surface area contributed by atoms with Gasteiger partial charge in [-0.1, -0.05) is 63.8 Å². The van der Waals surface area contributed by atoms with Crippen molar-refractivity contribution in [3.05, 3.63) is 24.3 Å². The number of nitrogens with one attached hydrogen (secondary N) is 1. The van der Waals surface area contributed by atoms with E-state index in [1.807, 2.05) is 0 Å². The molecule has 0 atom stereocenters. The Labute approximate surface area is 108 Å². The number of unbranched alkanes of at least 4 members (excludes halogenated alkanes) is 6. The molecule has 0 heterocycles. The van der Waals surface area contributed by atoms with Gasteiger partial charge in [-0.05, 0) is 25.7 Å². The van der Waals surface area contributed by atoms with Crippen molar-refractivity contribution in [2.45, 2.75) is 65.2 Å². The Balaban J connectivity index is 3.11. The highest BCUT2D eigenvalue weighted by atomic mass is 14.8. The fourth-order valence-electron chi connectivity index (χ4n) is 1.68. The first-order valence-corrected chi connectivity index (χ1v) is 7.42. The van der Waals surface area contributed by atoms with Gasteiger partial charge in [-0.25, -0.2) is 0 Å². The first kappa shape index (κ1) is 16.4. The second kappa shape index (κ2) is 15.4. The summed E-state index contributed by atoms with van der Waals surface area (Å²) in [5.74, 6) is 0. The molecule has 1 heteroatoms. The van der Waals surface area contributed by atoms with E-state index in [0.717, 1.165) is 13.1 Å². The molecule has 0 aromatic carbocycles. The van der Waals surface area contributed by atoms with Gasteiger partial charge in [0, 0.05) is 13.1 Å². The quantitative estimate of drug-likeness (QED) is 0.378. The van der Waals surface area contributed by atoms with Gasteiger partial charge in [0.25, 0.3) is 0 Å². The maximum Gasteiger partial charge on any atom is 0.0137 e. The summed E-state index contributed by atoms with van der Waals surface area (Å²) in [4.78, 5) is 0. The molecular formula is C16H31N. The van der Waals surface area contributed by atoms with Crippen LogP contribution in [-0.4, -0.2) is 13.1 Å². The van der Waals surface area contributed by atoms with Crippen molar-refractivity contribution < 1.29 is 0 Å². The fraction of sp³-hybridized carbons (Fsp3) is 0.750. The Morgan fingerprint density at radius 3 is 1.53 bits per heavy atom. The monoisotopic (exact) mass is 237 g/mol. The van der Waals surface area contributed by atoms with Crippen LogP contribution in [0.4, 0.5) is 0 Å². The summed E-state index contributed by atoms with van der Waals surface area (Å²) in [5, 5.41) is 3.39. The average molecular weight is 237 g/mol. The summed E-state index contributed by atoms with van der Waals surface area (Å²) < 4.78 is 0.